The molecule has 1 amide bonds. The summed E-state index contributed by atoms with van der Waals surface area (Å²) in [6.45, 7) is 0.0985. The highest BCUT2D eigenvalue weighted by atomic mass is 35.5. The van der Waals surface area contributed by atoms with Gasteiger partial charge in [-0.05, 0) is 31.0 Å². The summed E-state index contributed by atoms with van der Waals surface area (Å²) in [6, 6.07) is 4.40. The zero-order chi connectivity index (χ0) is 13.8. The Morgan fingerprint density at radius 2 is 2.11 bits per heavy atom. The maximum atomic E-state index is 12.1. The smallest absolute Gasteiger partial charge is 0.251 e. The highest BCUT2D eigenvalue weighted by molar-refractivity contribution is 6.32. The maximum absolute atomic E-state index is 12.1. The average Bonchev–Trinajstić information content (AvgIpc) is 2.42. The topological polar surface area (TPSA) is 69.6 Å². The Morgan fingerprint density at radius 1 is 1.37 bits per heavy atom. The van der Waals surface area contributed by atoms with Crippen LogP contribution in [0.25, 0.3) is 0 Å². The third-order valence-corrected chi connectivity index (χ3v) is 3.97. The summed E-state index contributed by atoms with van der Waals surface area (Å²) >= 11 is 5.79. The number of phenols is 1. The van der Waals surface area contributed by atoms with Crippen LogP contribution in [0.1, 0.15) is 36.0 Å². The van der Waals surface area contributed by atoms with Gasteiger partial charge in [0.25, 0.3) is 5.91 Å². The van der Waals surface area contributed by atoms with Gasteiger partial charge in [0.05, 0.1) is 5.02 Å². The molecule has 1 aromatic rings. The molecule has 1 aliphatic rings. The number of hydrogen-bond donors (Lipinski definition) is 3. The molecular weight excluding hydrogens is 266 g/mol. The molecule has 4 nitrogen and oxygen atoms in total. The predicted octanol–water partition coefficient (Wildman–Crippen LogP) is 2.33. The van der Waals surface area contributed by atoms with Crippen molar-refractivity contribution in [2.24, 2.45) is 5.92 Å². The lowest BCUT2D eigenvalue weighted by molar-refractivity contribution is 0.0872. The third kappa shape index (κ3) is 3.39. The average molecular weight is 284 g/mol. The number of aromatic hydroxyl groups is 1. The van der Waals surface area contributed by atoms with Crippen LogP contribution in [-0.4, -0.2) is 28.8 Å². The minimum absolute atomic E-state index is 0.0128. The summed E-state index contributed by atoms with van der Waals surface area (Å²) in [5.74, 6) is -0.123. The van der Waals surface area contributed by atoms with Crippen LogP contribution in [0.2, 0.25) is 5.02 Å². The molecule has 104 valence electrons. The molecule has 1 saturated carbocycles. The minimum Gasteiger partial charge on any atom is -0.506 e. The number of halogens is 1. The van der Waals surface area contributed by atoms with Gasteiger partial charge in [0, 0.05) is 24.1 Å². The van der Waals surface area contributed by atoms with E-state index in [1.165, 1.54) is 18.2 Å². The Labute approximate surface area is 117 Å². The molecule has 0 aromatic heterocycles. The van der Waals surface area contributed by atoms with Gasteiger partial charge < -0.3 is 15.5 Å². The number of rotatable bonds is 3. The van der Waals surface area contributed by atoms with E-state index in [0.717, 1.165) is 25.7 Å². The van der Waals surface area contributed by atoms with E-state index in [-0.39, 0.29) is 35.2 Å². The number of amides is 1. The number of carbonyl (C=O) groups is 1. The van der Waals surface area contributed by atoms with Gasteiger partial charge in [-0.15, -0.1) is 0 Å². The lowest BCUT2D eigenvalue weighted by Crippen LogP contribution is -2.43. The molecule has 0 aliphatic heterocycles. The zero-order valence-electron chi connectivity index (χ0n) is 10.6. The second-order valence-corrected chi connectivity index (χ2v) is 5.38. The van der Waals surface area contributed by atoms with Crippen LogP contribution in [0, 0.1) is 5.92 Å². The number of carbonyl (C=O) groups excluding carboxylic acids is 1. The molecule has 0 radical (unpaired) electrons. The second kappa shape index (κ2) is 6.26. The first kappa shape index (κ1) is 14.2. The fourth-order valence-corrected chi connectivity index (χ4v) is 2.70. The van der Waals surface area contributed by atoms with E-state index in [0.29, 0.717) is 5.56 Å². The van der Waals surface area contributed by atoms with Crippen molar-refractivity contribution < 1.29 is 15.0 Å². The third-order valence-electron chi connectivity index (χ3n) is 3.67. The Hall–Kier alpha value is -1.26. The molecule has 0 bridgehead atoms. The van der Waals surface area contributed by atoms with Crippen molar-refractivity contribution in [3.63, 3.8) is 0 Å². The molecule has 0 saturated heterocycles. The van der Waals surface area contributed by atoms with Crippen molar-refractivity contribution in [3.05, 3.63) is 28.8 Å². The van der Waals surface area contributed by atoms with E-state index in [1.54, 1.807) is 0 Å². The molecule has 5 heteroatoms. The summed E-state index contributed by atoms with van der Waals surface area (Å²) < 4.78 is 0. The summed E-state index contributed by atoms with van der Waals surface area (Å²) in [6.07, 6.45) is 4.00. The van der Waals surface area contributed by atoms with Gasteiger partial charge in [0.2, 0.25) is 0 Å². The van der Waals surface area contributed by atoms with Crippen LogP contribution in [0.5, 0.6) is 5.75 Å². The van der Waals surface area contributed by atoms with Gasteiger partial charge in [-0.3, -0.25) is 4.79 Å². The first-order valence-corrected chi connectivity index (χ1v) is 6.90. The fraction of sp³-hybridized carbons (Fsp3) is 0.500. The van der Waals surface area contributed by atoms with E-state index in [2.05, 4.69) is 5.32 Å². The highest BCUT2D eigenvalue weighted by Crippen LogP contribution is 2.26. The standard InChI is InChI=1S/C14H18ClNO3/c15-11-7-9(5-6-13(11)18)14(19)16-12-4-2-1-3-10(12)8-17/h5-7,10,12,17-18H,1-4,8H2,(H,16,19). The first-order chi connectivity index (χ1) is 9.11. The van der Waals surface area contributed by atoms with Crippen LogP contribution in [0.4, 0.5) is 0 Å². The Balaban J connectivity index is 2.05. The minimum atomic E-state index is -0.216. The van der Waals surface area contributed by atoms with Gasteiger partial charge in [-0.25, -0.2) is 0 Å². The zero-order valence-corrected chi connectivity index (χ0v) is 11.4. The van der Waals surface area contributed by atoms with Gasteiger partial charge in [-0.1, -0.05) is 24.4 Å². The lowest BCUT2D eigenvalue weighted by atomic mass is 9.85. The number of hydrogen-bond acceptors (Lipinski definition) is 3. The Bertz CT molecular complexity index is 464. The van der Waals surface area contributed by atoms with Gasteiger partial charge in [0.1, 0.15) is 5.75 Å². The largest absolute Gasteiger partial charge is 0.506 e. The molecule has 0 heterocycles. The summed E-state index contributed by atoms with van der Waals surface area (Å²) in [5.41, 5.74) is 0.421. The number of aliphatic hydroxyl groups is 1. The normalized spacial score (nSPS) is 23.1. The summed E-state index contributed by atoms with van der Waals surface area (Å²) in [5, 5.41) is 21.8. The van der Waals surface area contributed by atoms with E-state index < -0.39 is 0 Å². The van der Waals surface area contributed by atoms with E-state index in [9.17, 15) is 15.0 Å². The molecule has 2 rings (SSSR count). The molecular formula is C14H18ClNO3. The van der Waals surface area contributed by atoms with Crippen molar-refractivity contribution in [1.82, 2.24) is 5.32 Å². The van der Waals surface area contributed by atoms with E-state index >= 15 is 0 Å². The van der Waals surface area contributed by atoms with Crippen LogP contribution in [0.15, 0.2) is 18.2 Å². The van der Waals surface area contributed by atoms with Crippen LogP contribution >= 0.6 is 11.6 Å². The second-order valence-electron chi connectivity index (χ2n) is 4.97. The number of aliphatic hydroxyl groups excluding tert-OH is 1. The summed E-state index contributed by atoms with van der Waals surface area (Å²) in [4.78, 5) is 12.1. The Morgan fingerprint density at radius 3 is 2.79 bits per heavy atom. The van der Waals surface area contributed by atoms with Gasteiger partial charge >= 0.3 is 0 Å². The van der Waals surface area contributed by atoms with E-state index in [1.807, 2.05) is 0 Å². The fourth-order valence-electron chi connectivity index (χ4n) is 2.52. The lowest BCUT2D eigenvalue weighted by Gasteiger charge is -2.30. The molecule has 1 aromatic carbocycles. The van der Waals surface area contributed by atoms with Crippen LogP contribution in [-0.2, 0) is 0 Å². The van der Waals surface area contributed by atoms with Crippen molar-refractivity contribution in [3.8, 4) is 5.75 Å². The number of nitrogens with one attached hydrogen (secondary N) is 1. The molecule has 2 atom stereocenters. The molecule has 3 N–H and O–H groups in total. The summed E-state index contributed by atoms with van der Waals surface area (Å²) in [7, 11) is 0. The quantitative estimate of drug-likeness (QED) is 0.797. The molecule has 0 spiro atoms. The molecule has 1 fully saturated rings. The van der Waals surface area contributed by atoms with Gasteiger partial charge in [-0.2, -0.15) is 0 Å². The van der Waals surface area contributed by atoms with Crippen molar-refractivity contribution in [2.75, 3.05) is 6.61 Å². The SMILES string of the molecule is O=C(NC1CCCCC1CO)c1ccc(O)c(Cl)c1. The first-order valence-electron chi connectivity index (χ1n) is 6.52. The maximum Gasteiger partial charge on any atom is 0.251 e. The molecule has 2 unspecified atom stereocenters. The van der Waals surface area contributed by atoms with Gasteiger partial charge in [0.15, 0.2) is 0 Å². The van der Waals surface area contributed by atoms with Crippen molar-refractivity contribution in [2.45, 2.75) is 31.7 Å². The van der Waals surface area contributed by atoms with Crippen LogP contribution < -0.4 is 5.32 Å². The molecule has 1 aliphatic carbocycles. The van der Waals surface area contributed by atoms with E-state index in [4.69, 9.17) is 11.6 Å². The monoisotopic (exact) mass is 283 g/mol. The van der Waals surface area contributed by atoms with Crippen molar-refractivity contribution >= 4 is 17.5 Å². The number of benzene rings is 1. The number of phenolic OH excluding ortho intramolecular Hbond substituents is 1. The highest BCUT2D eigenvalue weighted by Gasteiger charge is 2.26. The van der Waals surface area contributed by atoms with Crippen molar-refractivity contribution in [1.29, 1.82) is 0 Å². The van der Waals surface area contributed by atoms with Crippen LogP contribution in [0.3, 0.4) is 0 Å². The predicted molar refractivity (Wildman–Crippen MR) is 73.4 cm³/mol. The Kier molecular flexibility index (Phi) is 4.66. The molecule has 19 heavy (non-hydrogen) atoms.